The van der Waals surface area contributed by atoms with E-state index in [0.717, 1.165) is 12.0 Å². The Labute approximate surface area is 118 Å². The Morgan fingerprint density at radius 3 is 2.70 bits per heavy atom. The van der Waals surface area contributed by atoms with Gasteiger partial charge < -0.3 is 14.7 Å². The second-order valence-corrected chi connectivity index (χ2v) is 5.18. The third-order valence-corrected chi connectivity index (χ3v) is 3.31. The van der Waals surface area contributed by atoms with Crippen molar-refractivity contribution in [3.8, 4) is 0 Å². The molecular formula is C15H19NO4. The van der Waals surface area contributed by atoms with Crippen molar-refractivity contribution < 1.29 is 19.4 Å². The zero-order valence-corrected chi connectivity index (χ0v) is 11.8. The molecular weight excluding hydrogens is 258 g/mol. The molecule has 1 aromatic rings. The van der Waals surface area contributed by atoms with E-state index in [9.17, 15) is 9.59 Å². The Bertz CT molecular complexity index is 527. The molecule has 108 valence electrons. The Balaban J connectivity index is 2.25. The lowest BCUT2D eigenvalue weighted by molar-refractivity contribution is 0.0562. The minimum absolute atomic E-state index is 0.00482. The summed E-state index contributed by atoms with van der Waals surface area (Å²) >= 11 is 0. The smallest absolute Gasteiger partial charge is 0.335 e. The maximum absolute atomic E-state index is 12.5. The van der Waals surface area contributed by atoms with Gasteiger partial charge in [0.2, 0.25) is 0 Å². The maximum Gasteiger partial charge on any atom is 0.335 e. The Morgan fingerprint density at radius 2 is 2.00 bits per heavy atom. The fourth-order valence-electron chi connectivity index (χ4n) is 2.39. The largest absolute Gasteiger partial charge is 0.478 e. The number of hydrogen-bond acceptors (Lipinski definition) is 3. The molecule has 1 saturated heterocycles. The zero-order valence-electron chi connectivity index (χ0n) is 11.8. The zero-order chi connectivity index (χ0) is 14.7. The van der Waals surface area contributed by atoms with E-state index < -0.39 is 5.97 Å². The SMILES string of the molecule is Cc1cc(C(=O)O)cc(C(=O)N2CCCOC(C)C2)c1. The second-order valence-electron chi connectivity index (χ2n) is 5.18. The van der Waals surface area contributed by atoms with Crippen LogP contribution >= 0.6 is 0 Å². The number of carboxylic acids is 1. The first kappa shape index (κ1) is 14.5. The molecule has 1 unspecified atom stereocenters. The number of rotatable bonds is 2. The predicted octanol–water partition coefficient (Wildman–Crippen LogP) is 1.94. The third kappa shape index (κ3) is 3.36. The van der Waals surface area contributed by atoms with Gasteiger partial charge in [-0.2, -0.15) is 0 Å². The predicted molar refractivity (Wildman–Crippen MR) is 74.1 cm³/mol. The van der Waals surface area contributed by atoms with E-state index in [4.69, 9.17) is 9.84 Å². The quantitative estimate of drug-likeness (QED) is 0.897. The summed E-state index contributed by atoms with van der Waals surface area (Å²) in [5, 5.41) is 9.07. The minimum Gasteiger partial charge on any atom is -0.478 e. The molecule has 1 N–H and O–H groups in total. The molecule has 0 aliphatic carbocycles. The molecule has 5 heteroatoms. The number of ether oxygens (including phenoxy) is 1. The van der Waals surface area contributed by atoms with Gasteiger partial charge in [-0.1, -0.05) is 0 Å². The van der Waals surface area contributed by atoms with Crippen molar-refractivity contribution in [2.45, 2.75) is 26.4 Å². The van der Waals surface area contributed by atoms with E-state index in [0.29, 0.717) is 25.3 Å². The normalized spacial score (nSPS) is 19.5. The van der Waals surface area contributed by atoms with Gasteiger partial charge in [-0.25, -0.2) is 4.79 Å². The number of carbonyl (C=O) groups excluding carboxylic acids is 1. The topological polar surface area (TPSA) is 66.8 Å². The molecule has 2 rings (SSSR count). The van der Waals surface area contributed by atoms with Gasteiger partial charge in [0.15, 0.2) is 0 Å². The van der Waals surface area contributed by atoms with Crippen LogP contribution in [0.5, 0.6) is 0 Å². The highest BCUT2D eigenvalue weighted by Crippen LogP contribution is 2.15. The number of nitrogens with zero attached hydrogens (tertiary/aromatic N) is 1. The van der Waals surface area contributed by atoms with E-state index in [2.05, 4.69) is 0 Å². The van der Waals surface area contributed by atoms with Crippen molar-refractivity contribution in [1.29, 1.82) is 0 Å². The molecule has 0 aromatic heterocycles. The summed E-state index contributed by atoms with van der Waals surface area (Å²) in [5.74, 6) is -1.15. The van der Waals surface area contributed by atoms with Gasteiger partial charge in [0.05, 0.1) is 11.7 Å². The van der Waals surface area contributed by atoms with Crippen molar-refractivity contribution in [3.05, 3.63) is 34.9 Å². The van der Waals surface area contributed by atoms with Gasteiger partial charge in [0.1, 0.15) is 0 Å². The molecule has 1 aliphatic rings. The lowest BCUT2D eigenvalue weighted by Gasteiger charge is -2.22. The highest BCUT2D eigenvalue weighted by molar-refractivity contribution is 5.97. The minimum atomic E-state index is -1.02. The van der Waals surface area contributed by atoms with Crippen LogP contribution in [-0.2, 0) is 4.74 Å². The van der Waals surface area contributed by atoms with Crippen LogP contribution in [0.4, 0.5) is 0 Å². The molecule has 0 bridgehead atoms. The fourth-order valence-corrected chi connectivity index (χ4v) is 2.39. The number of aryl methyl sites for hydroxylation is 1. The highest BCUT2D eigenvalue weighted by atomic mass is 16.5. The first-order chi connectivity index (χ1) is 9.47. The molecule has 5 nitrogen and oxygen atoms in total. The molecule has 0 radical (unpaired) electrons. The van der Waals surface area contributed by atoms with Gasteiger partial charge in [-0.15, -0.1) is 0 Å². The van der Waals surface area contributed by atoms with Crippen molar-refractivity contribution in [3.63, 3.8) is 0 Å². The van der Waals surface area contributed by atoms with Crippen LogP contribution in [0.15, 0.2) is 18.2 Å². The van der Waals surface area contributed by atoms with Crippen LogP contribution in [0.2, 0.25) is 0 Å². The van der Waals surface area contributed by atoms with E-state index >= 15 is 0 Å². The number of aromatic carboxylic acids is 1. The van der Waals surface area contributed by atoms with Crippen molar-refractivity contribution >= 4 is 11.9 Å². The monoisotopic (exact) mass is 277 g/mol. The van der Waals surface area contributed by atoms with Crippen molar-refractivity contribution in [2.75, 3.05) is 19.7 Å². The van der Waals surface area contributed by atoms with Crippen LogP contribution in [0.1, 0.15) is 39.6 Å². The van der Waals surface area contributed by atoms with Gasteiger partial charge in [-0.3, -0.25) is 4.79 Å². The van der Waals surface area contributed by atoms with Crippen LogP contribution in [0.3, 0.4) is 0 Å². The number of amides is 1. The number of hydrogen-bond donors (Lipinski definition) is 1. The summed E-state index contributed by atoms with van der Waals surface area (Å²) in [7, 11) is 0. The molecule has 0 saturated carbocycles. The summed E-state index contributed by atoms with van der Waals surface area (Å²) in [4.78, 5) is 25.3. The molecule has 1 aliphatic heterocycles. The first-order valence-corrected chi connectivity index (χ1v) is 6.73. The fraction of sp³-hybridized carbons (Fsp3) is 0.467. The Hall–Kier alpha value is -1.88. The Morgan fingerprint density at radius 1 is 1.30 bits per heavy atom. The number of carbonyl (C=O) groups is 2. The van der Waals surface area contributed by atoms with E-state index in [1.54, 1.807) is 24.0 Å². The van der Waals surface area contributed by atoms with Gasteiger partial charge in [0.25, 0.3) is 5.91 Å². The molecule has 1 aromatic carbocycles. The maximum atomic E-state index is 12.5. The van der Waals surface area contributed by atoms with Crippen LogP contribution in [0.25, 0.3) is 0 Å². The summed E-state index contributed by atoms with van der Waals surface area (Å²) in [5.41, 5.74) is 1.34. The Kier molecular flexibility index (Phi) is 4.39. The van der Waals surface area contributed by atoms with Crippen LogP contribution in [0, 0.1) is 6.92 Å². The van der Waals surface area contributed by atoms with E-state index in [1.807, 2.05) is 6.92 Å². The molecule has 1 amide bonds. The number of benzene rings is 1. The summed E-state index contributed by atoms with van der Waals surface area (Å²) < 4.78 is 5.52. The van der Waals surface area contributed by atoms with Crippen LogP contribution in [-0.4, -0.2) is 47.7 Å². The lowest BCUT2D eigenvalue weighted by atomic mass is 10.1. The summed E-state index contributed by atoms with van der Waals surface area (Å²) in [6, 6.07) is 4.73. The molecule has 1 fully saturated rings. The molecule has 20 heavy (non-hydrogen) atoms. The summed E-state index contributed by atoms with van der Waals surface area (Å²) in [6.07, 6.45) is 0.804. The lowest BCUT2D eigenvalue weighted by Crippen LogP contribution is -2.36. The average Bonchev–Trinajstić information content (AvgIpc) is 2.61. The van der Waals surface area contributed by atoms with E-state index in [-0.39, 0.29) is 17.6 Å². The molecule has 0 spiro atoms. The van der Waals surface area contributed by atoms with Gasteiger partial charge >= 0.3 is 5.97 Å². The van der Waals surface area contributed by atoms with Gasteiger partial charge in [-0.05, 0) is 44.0 Å². The van der Waals surface area contributed by atoms with E-state index in [1.165, 1.54) is 6.07 Å². The summed E-state index contributed by atoms with van der Waals surface area (Å²) in [6.45, 7) is 5.55. The standard InChI is InChI=1S/C15H19NO4/c1-10-6-12(8-13(7-10)15(18)19)14(17)16-4-3-5-20-11(2)9-16/h6-8,11H,3-5,9H2,1-2H3,(H,18,19). The van der Waals surface area contributed by atoms with Crippen molar-refractivity contribution in [1.82, 2.24) is 4.90 Å². The first-order valence-electron chi connectivity index (χ1n) is 6.73. The van der Waals surface area contributed by atoms with Crippen LogP contribution < -0.4 is 0 Å². The second kappa shape index (κ2) is 6.05. The highest BCUT2D eigenvalue weighted by Gasteiger charge is 2.22. The molecule has 1 heterocycles. The van der Waals surface area contributed by atoms with Gasteiger partial charge in [0, 0.05) is 25.3 Å². The molecule has 1 atom stereocenters. The van der Waals surface area contributed by atoms with Crippen molar-refractivity contribution in [2.24, 2.45) is 0 Å². The average molecular weight is 277 g/mol. The number of carboxylic acid groups (broad SMARTS) is 1. The third-order valence-electron chi connectivity index (χ3n) is 3.31.